The summed E-state index contributed by atoms with van der Waals surface area (Å²) in [6, 6.07) is 5.84. The van der Waals surface area contributed by atoms with E-state index < -0.39 is 0 Å². The Morgan fingerprint density at radius 2 is 2.36 bits per heavy atom. The number of carbonyl (C=O) groups excluding carboxylic acids is 1. The number of nitriles is 1. The molecule has 0 fully saturated rings. The van der Waals surface area contributed by atoms with E-state index in [2.05, 4.69) is 22.8 Å². The van der Waals surface area contributed by atoms with Gasteiger partial charge >= 0.3 is 0 Å². The van der Waals surface area contributed by atoms with Crippen LogP contribution in [0.1, 0.15) is 23.6 Å². The third-order valence-electron chi connectivity index (χ3n) is 3.91. The molecule has 1 heterocycles. The van der Waals surface area contributed by atoms with E-state index in [1.54, 1.807) is 35.7 Å². The predicted octanol–water partition coefficient (Wildman–Crippen LogP) is 1.86. The van der Waals surface area contributed by atoms with Gasteiger partial charge in [0.15, 0.2) is 0 Å². The van der Waals surface area contributed by atoms with E-state index in [0.29, 0.717) is 36.3 Å². The molecule has 0 aromatic heterocycles. The number of fused-ring (bicyclic) bond motifs is 1. The lowest BCUT2D eigenvalue weighted by Crippen LogP contribution is -2.23. The molecule has 25 heavy (non-hydrogen) atoms. The first-order valence-electron chi connectivity index (χ1n) is 7.82. The maximum absolute atomic E-state index is 11.1. The second kappa shape index (κ2) is 8.57. The molecule has 0 spiro atoms. The first kappa shape index (κ1) is 18.1. The third kappa shape index (κ3) is 4.00. The molecule has 2 N–H and O–H groups in total. The zero-order chi connectivity index (χ0) is 18.2. The van der Waals surface area contributed by atoms with Gasteiger partial charge < -0.3 is 9.91 Å². The van der Waals surface area contributed by atoms with Crippen LogP contribution in [0.2, 0.25) is 0 Å². The second-order valence-corrected chi connectivity index (χ2v) is 5.28. The number of aliphatic imine (C=N–C) groups is 2. The lowest BCUT2D eigenvalue weighted by molar-refractivity contribution is -0.107. The molecule has 0 saturated carbocycles. The minimum atomic E-state index is 0.517. The highest BCUT2D eigenvalue weighted by atomic mass is 16.1. The number of hydrazine groups is 1. The summed E-state index contributed by atoms with van der Waals surface area (Å²) in [5.41, 5.74) is 3.37. The van der Waals surface area contributed by atoms with Crippen molar-refractivity contribution in [2.75, 3.05) is 18.0 Å². The highest BCUT2D eigenvalue weighted by Crippen LogP contribution is 2.34. The number of amides is 1. The largest absolute Gasteiger partial charge is 0.317 e. The highest BCUT2D eigenvalue weighted by molar-refractivity contribution is 5.89. The van der Waals surface area contributed by atoms with Crippen LogP contribution in [0.5, 0.6) is 0 Å². The van der Waals surface area contributed by atoms with E-state index in [9.17, 15) is 10.1 Å². The molecular formula is C18H20N6O. The Hall–Kier alpha value is -3.24. The number of anilines is 1. The van der Waals surface area contributed by atoms with Crippen molar-refractivity contribution in [2.24, 2.45) is 15.8 Å². The van der Waals surface area contributed by atoms with Crippen LogP contribution in [0.4, 0.5) is 5.69 Å². The Kier molecular flexibility index (Phi) is 6.20. The van der Waals surface area contributed by atoms with Gasteiger partial charge in [0, 0.05) is 43.0 Å². The fourth-order valence-electron chi connectivity index (χ4n) is 2.58. The summed E-state index contributed by atoms with van der Waals surface area (Å²) >= 11 is 0. The van der Waals surface area contributed by atoms with Crippen LogP contribution in [0.15, 0.2) is 40.6 Å². The van der Waals surface area contributed by atoms with Gasteiger partial charge in [0.1, 0.15) is 6.07 Å². The van der Waals surface area contributed by atoms with Crippen molar-refractivity contribution >= 4 is 30.7 Å². The molecule has 0 atom stereocenters. The molecule has 1 amide bonds. The van der Waals surface area contributed by atoms with Crippen LogP contribution < -0.4 is 10.7 Å². The fraction of sp³-hybridized carbons (Fsp3) is 0.222. The summed E-state index contributed by atoms with van der Waals surface area (Å²) < 4.78 is 0. The van der Waals surface area contributed by atoms with Gasteiger partial charge in [-0.1, -0.05) is 0 Å². The summed E-state index contributed by atoms with van der Waals surface area (Å²) in [5, 5.41) is 11.1. The van der Waals surface area contributed by atoms with Gasteiger partial charge in [0.25, 0.3) is 0 Å². The third-order valence-corrected chi connectivity index (χ3v) is 3.91. The maximum atomic E-state index is 11.1. The Labute approximate surface area is 147 Å². The number of allylic oxidation sites excluding steroid dienone is 1. The van der Waals surface area contributed by atoms with E-state index in [1.165, 1.54) is 5.01 Å². The minimum Gasteiger partial charge on any atom is -0.317 e. The van der Waals surface area contributed by atoms with Gasteiger partial charge in [-0.05, 0) is 43.8 Å². The number of hydrogen-bond donors (Lipinski definition) is 1. The average molecular weight is 336 g/mol. The van der Waals surface area contributed by atoms with Gasteiger partial charge in [-0.15, -0.1) is 0 Å². The monoisotopic (exact) mass is 336 g/mol. The van der Waals surface area contributed by atoms with Crippen LogP contribution in [0, 0.1) is 11.3 Å². The Morgan fingerprint density at radius 3 is 3.00 bits per heavy atom. The molecule has 1 aromatic carbocycles. The van der Waals surface area contributed by atoms with Gasteiger partial charge in [-0.3, -0.25) is 14.8 Å². The Balaban J connectivity index is 2.33. The van der Waals surface area contributed by atoms with E-state index >= 15 is 0 Å². The molecule has 0 radical (unpaired) electrons. The van der Waals surface area contributed by atoms with Crippen molar-refractivity contribution in [1.29, 1.82) is 5.26 Å². The first-order chi connectivity index (χ1) is 12.2. The molecule has 0 aliphatic carbocycles. The number of hydrogen-bond acceptors (Lipinski definition) is 6. The Morgan fingerprint density at radius 1 is 1.56 bits per heavy atom. The van der Waals surface area contributed by atoms with Gasteiger partial charge in [-0.2, -0.15) is 5.26 Å². The van der Waals surface area contributed by atoms with Crippen molar-refractivity contribution in [2.45, 2.75) is 13.3 Å². The van der Waals surface area contributed by atoms with Crippen molar-refractivity contribution < 1.29 is 4.79 Å². The molecule has 128 valence electrons. The number of benzene rings is 1. The fourth-order valence-corrected chi connectivity index (χ4v) is 2.58. The van der Waals surface area contributed by atoms with E-state index in [0.717, 1.165) is 17.7 Å². The van der Waals surface area contributed by atoms with Crippen LogP contribution in [0.25, 0.3) is 5.70 Å². The van der Waals surface area contributed by atoms with E-state index in [-0.39, 0.29) is 0 Å². The van der Waals surface area contributed by atoms with Crippen molar-refractivity contribution in [3.05, 3.63) is 47.3 Å². The van der Waals surface area contributed by atoms with E-state index in [1.807, 2.05) is 13.0 Å². The van der Waals surface area contributed by atoms with Gasteiger partial charge in [0.05, 0.1) is 11.3 Å². The lowest BCUT2D eigenvalue weighted by atomic mass is 9.97. The molecule has 0 bridgehead atoms. The molecular weight excluding hydrogens is 316 g/mol. The van der Waals surface area contributed by atoms with Crippen molar-refractivity contribution in [3.63, 3.8) is 0 Å². The zero-order valence-electron chi connectivity index (χ0n) is 14.1. The SMILES string of the molecule is C=N/C(=C/C=N\C=C/N(N)CC)c1ccc2c(c1C#N)CCN2C=O. The second-order valence-electron chi connectivity index (χ2n) is 5.28. The molecule has 1 aliphatic rings. The quantitative estimate of drug-likeness (QED) is 0.355. The van der Waals surface area contributed by atoms with Gasteiger partial charge in [-0.25, -0.2) is 5.84 Å². The number of nitrogens with zero attached hydrogens (tertiary/aromatic N) is 5. The van der Waals surface area contributed by atoms with Crippen LogP contribution >= 0.6 is 0 Å². The molecule has 1 aromatic rings. The molecule has 7 nitrogen and oxygen atoms in total. The zero-order valence-corrected chi connectivity index (χ0v) is 14.1. The van der Waals surface area contributed by atoms with Crippen molar-refractivity contribution in [1.82, 2.24) is 5.01 Å². The Bertz CT molecular complexity index is 787. The predicted molar refractivity (Wildman–Crippen MR) is 100.0 cm³/mol. The summed E-state index contributed by atoms with van der Waals surface area (Å²) in [6.45, 7) is 6.76. The normalized spacial score (nSPS) is 14.0. The molecule has 7 heteroatoms. The summed E-state index contributed by atoms with van der Waals surface area (Å²) in [7, 11) is 0. The molecule has 0 saturated heterocycles. The van der Waals surface area contributed by atoms with Crippen LogP contribution in [-0.4, -0.2) is 37.4 Å². The lowest BCUT2D eigenvalue weighted by Gasteiger charge is -2.12. The highest BCUT2D eigenvalue weighted by Gasteiger charge is 2.24. The smallest absolute Gasteiger partial charge is 0.214 e. The van der Waals surface area contributed by atoms with E-state index in [4.69, 9.17) is 5.84 Å². The maximum Gasteiger partial charge on any atom is 0.214 e. The average Bonchev–Trinajstić information content (AvgIpc) is 3.06. The summed E-state index contributed by atoms with van der Waals surface area (Å²) in [4.78, 5) is 20.8. The molecule has 1 aliphatic heterocycles. The van der Waals surface area contributed by atoms with Gasteiger partial charge in [0.2, 0.25) is 6.41 Å². The number of rotatable bonds is 7. The first-order valence-corrected chi connectivity index (χ1v) is 7.82. The number of carbonyl (C=O) groups is 1. The summed E-state index contributed by atoms with van der Waals surface area (Å²) in [6.07, 6.45) is 7.89. The minimum absolute atomic E-state index is 0.517. The summed E-state index contributed by atoms with van der Waals surface area (Å²) in [5.74, 6) is 5.61. The molecule has 2 rings (SSSR count). The molecule has 0 unspecified atom stereocenters. The van der Waals surface area contributed by atoms with Crippen LogP contribution in [0.3, 0.4) is 0 Å². The van der Waals surface area contributed by atoms with Crippen LogP contribution in [-0.2, 0) is 11.2 Å². The van der Waals surface area contributed by atoms with Crippen molar-refractivity contribution in [3.8, 4) is 6.07 Å². The topological polar surface area (TPSA) is 98.1 Å². The standard InChI is InChI=1S/C18H20N6O/c1-3-24(20)11-9-22-8-6-17(21-2)14-4-5-18-15(16(14)12-19)7-10-23(18)13-25/h4-6,8-9,11,13H,2-3,7,10,20H2,1H3/b11-9-,17-6+,22-8-. The number of nitrogens with two attached hydrogens (primary N) is 1.